The Kier molecular flexibility index (Phi) is 4.41. The number of aromatic nitrogens is 3. The quantitative estimate of drug-likeness (QED) is 0.456. The molecule has 8 heteroatoms. The summed E-state index contributed by atoms with van der Waals surface area (Å²) >= 11 is 0. The first-order chi connectivity index (χ1) is 13.1. The zero-order valence-electron chi connectivity index (χ0n) is 14.9. The molecule has 1 aliphatic rings. The van der Waals surface area contributed by atoms with Crippen LogP contribution in [0, 0.1) is 11.7 Å². The average molecular weight is 368 g/mol. The van der Waals surface area contributed by atoms with Crippen molar-refractivity contribution in [2.75, 3.05) is 17.8 Å². The van der Waals surface area contributed by atoms with Gasteiger partial charge in [-0.25, -0.2) is 9.37 Å². The summed E-state index contributed by atoms with van der Waals surface area (Å²) in [5.41, 5.74) is 12.2. The summed E-state index contributed by atoms with van der Waals surface area (Å²) in [6, 6.07) is 6.27. The SMILES string of the molecule is Cn1cnc(-c2cc(NN)c(N)cn2)c1-c1ccc(F)cc1OCC1CC1. The fraction of sp³-hybridized carbons (Fsp3) is 0.263. The van der Waals surface area contributed by atoms with Crippen molar-refractivity contribution in [3.8, 4) is 28.4 Å². The maximum atomic E-state index is 13.8. The van der Waals surface area contributed by atoms with Crippen LogP contribution in [-0.2, 0) is 7.05 Å². The Labute approximate surface area is 156 Å². The van der Waals surface area contributed by atoms with Crippen LogP contribution < -0.4 is 21.7 Å². The number of nitrogens with zero attached hydrogens (tertiary/aromatic N) is 3. The number of halogens is 1. The van der Waals surface area contributed by atoms with E-state index in [1.807, 2.05) is 11.6 Å². The Morgan fingerprint density at radius 1 is 1.30 bits per heavy atom. The molecular formula is C19H21FN6O. The number of anilines is 2. The molecule has 1 fully saturated rings. The summed E-state index contributed by atoms with van der Waals surface area (Å²) < 4.78 is 21.6. The Balaban J connectivity index is 1.80. The number of imidazole rings is 1. The molecule has 0 radical (unpaired) electrons. The van der Waals surface area contributed by atoms with Crippen LogP contribution in [0.4, 0.5) is 15.8 Å². The second-order valence-electron chi connectivity index (χ2n) is 6.75. The maximum Gasteiger partial charge on any atom is 0.131 e. The molecule has 0 aliphatic heterocycles. The van der Waals surface area contributed by atoms with Gasteiger partial charge in [0.15, 0.2) is 0 Å². The Bertz CT molecular complexity index is 982. The molecule has 2 aromatic heterocycles. The first-order valence-electron chi connectivity index (χ1n) is 8.73. The summed E-state index contributed by atoms with van der Waals surface area (Å²) in [6.45, 7) is 0.588. The molecule has 1 saturated carbocycles. The average Bonchev–Trinajstić information content (AvgIpc) is 3.42. The van der Waals surface area contributed by atoms with Crippen LogP contribution in [0.1, 0.15) is 12.8 Å². The van der Waals surface area contributed by atoms with Gasteiger partial charge in [-0.15, -0.1) is 0 Å². The van der Waals surface area contributed by atoms with E-state index in [1.54, 1.807) is 18.5 Å². The smallest absolute Gasteiger partial charge is 0.131 e. The molecule has 4 rings (SSSR count). The Morgan fingerprint density at radius 3 is 2.85 bits per heavy atom. The van der Waals surface area contributed by atoms with Gasteiger partial charge in [0.2, 0.25) is 0 Å². The summed E-state index contributed by atoms with van der Waals surface area (Å²) in [4.78, 5) is 8.86. The van der Waals surface area contributed by atoms with Gasteiger partial charge in [0.05, 0.1) is 41.9 Å². The molecule has 7 nitrogen and oxygen atoms in total. The summed E-state index contributed by atoms with van der Waals surface area (Å²) in [6.07, 6.45) is 5.53. The summed E-state index contributed by atoms with van der Waals surface area (Å²) in [5, 5.41) is 0. The predicted molar refractivity (Wildman–Crippen MR) is 102 cm³/mol. The van der Waals surface area contributed by atoms with Gasteiger partial charge in [0, 0.05) is 18.7 Å². The molecule has 5 N–H and O–H groups in total. The molecule has 0 unspecified atom stereocenters. The van der Waals surface area contributed by atoms with Crippen molar-refractivity contribution in [2.45, 2.75) is 12.8 Å². The maximum absolute atomic E-state index is 13.8. The van der Waals surface area contributed by atoms with Crippen LogP contribution in [0.3, 0.4) is 0 Å². The molecule has 1 aliphatic carbocycles. The van der Waals surface area contributed by atoms with Gasteiger partial charge in [-0.3, -0.25) is 10.8 Å². The van der Waals surface area contributed by atoms with Crippen LogP contribution in [-0.4, -0.2) is 21.1 Å². The number of aryl methyl sites for hydroxylation is 1. The van der Waals surface area contributed by atoms with Crippen molar-refractivity contribution < 1.29 is 9.13 Å². The molecule has 2 heterocycles. The first kappa shape index (κ1) is 17.3. The number of nitrogens with two attached hydrogens (primary N) is 2. The highest BCUT2D eigenvalue weighted by Crippen LogP contribution is 2.38. The molecule has 3 aromatic rings. The van der Waals surface area contributed by atoms with Gasteiger partial charge in [0.25, 0.3) is 0 Å². The van der Waals surface area contributed by atoms with Crippen molar-refractivity contribution in [2.24, 2.45) is 18.8 Å². The predicted octanol–water partition coefficient (Wildman–Crippen LogP) is 2.94. The molecule has 27 heavy (non-hydrogen) atoms. The lowest BCUT2D eigenvalue weighted by Gasteiger charge is -2.14. The third kappa shape index (κ3) is 3.43. The van der Waals surface area contributed by atoms with Gasteiger partial charge >= 0.3 is 0 Å². The largest absolute Gasteiger partial charge is 0.492 e. The van der Waals surface area contributed by atoms with Gasteiger partial charge < -0.3 is 20.5 Å². The molecular weight excluding hydrogens is 347 g/mol. The highest BCUT2D eigenvalue weighted by atomic mass is 19.1. The van der Waals surface area contributed by atoms with Crippen molar-refractivity contribution in [1.82, 2.24) is 14.5 Å². The Hall–Kier alpha value is -3.13. The molecule has 140 valence electrons. The van der Waals surface area contributed by atoms with Gasteiger partial charge in [-0.1, -0.05) is 0 Å². The van der Waals surface area contributed by atoms with Gasteiger partial charge in [0.1, 0.15) is 17.3 Å². The van der Waals surface area contributed by atoms with Crippen LogP contribution >= 0.6 is 0 Å². The monoisotopic (exact) mass is 368 g/mol. The van der Waals surface area contributed by atoms with Crippen molar-refractivity contribution >= 4 is 11.4 Å². The van der Waals surface area contributed by atoms with Crippen LogP contribution in [0.2, 0.25) is 0 Å². The van der Waals surface area contributed by atoms with E-state index in [1.165, 1.54) is 18.3 Å². The summed E-state index contributed by atoms with van der Waals surface area (Å²) in [5.74, 6) is 6.24. The van der Waals surface area contributed by atoms with Crippen LogP contribution in [0.15, 0.2) is 36.8 Å². The van der Waals surface area contributed by atoms with E-state index in [9.17, 15) is 4.39 Å². The number of benzene rings is 1. The molecule has 0 atom stereocenters. The van der Waals surface area contributed by atoms with E-state index >= 15 is 0 Å². The normalized spacial score (nSPS) is 13.6. The molecule has 1 aromatic carbocycles. The van der Waals surface area contributed by atoms with Crippen LogP contribution in [0.25, 0.3) is 22.6 Å². The number of pyridine rings is 1. The minimum atomic E-state index is -0.339. The van der Waals surface area contributed by atoms with E-state index in [2.05, 4.69) is 15.4 Å². The lowest BCUT2D eigenvalue weighted by Crippen LogP contribution is -2.09. The van der Waals surface area contributed by atoms with E-state index in [4.69, 9.17) is 16.3 Å². The minimum absolute atomic E-state index is 0.339. The fourth-order valence-electron chi connectivity index (χ4n) is 2.96. The highest BCUT2D eigenvalue weighted by molar-refractivity contribution is 5.82. The number of nitrogens with one attached hydrogen (secondary N) is 1. The van der Waals surface area contributed by atoms with Crippen molar-refractivity contribution in [3.05, 3.63) is 42.6 Å². The molecule has 0 bridgehead atoms. The number of nitrogen functional groups attached to an aromatic ring is 2. The number of ether oxygens (including phenoxy) is 1. The number of rotatable bonds is 6. The van der Waals surface area contributed by atoms with Crippen LogP contribution in [0.5, 0.6) is 5.75 Å². The standard InChI is InChI=1S/C19H21FN6O/c1-26-10-24-18(16-7-15(25-22)14(21)8-23-16)19(26)13-5-4-12(20)6-17(13)27-9-11-2-3-11/h4-8,10-11H,2-3,9,21-22H2,1H3,(H,23,25). The third-order valence-electron chi connectivity index (χ3n) is 4.64. The minimum Gasteiger partial charge on any atom is -0.492 e. The lowest BCUT2D eigenvalue weighted by molar-refractivity contribution is 0.299. The highest BCUT2D eigenvalue weighted by Gasteiger charge is 2.24. The Morgan fingerprint density at radius 2 is 2.11 bits per heavy atom. The third-order valence-corrected chi connectivity index (χ3v) is 4.64. The lowest BCUT2D eigenvalue weighted by atomic mass is 10.1. The number of hydrogen-bond acceptors (Lipinski definition) is 6. The van der Waals surface area contributed by atoms with Crippen molar-refractivity contribution in [3.63, 3.8) is 0 Å². The van der Waals surface area contributed by atoms with Crippen molar-refractivity contribution in [1.29, 1.82) is 0 Å². The van der Waals surface area contributed by atoms with E-state index in [0.29, 0.717) is 41.0 Å². The van der Waals surface area contributed by atoms with Gasteiger partial charge in [-0.2, -0.15) is 0 Å². The topological polar surface area (TPSA) is 104 Å². The zero-order valence-corrected chi connectivity index (χ0v) is 14.9. The zero-order chi connectivity index (χ0) is 19.0. The molecule has 0 spiro atoms. The fourth-order valence-corrected chi connectivity index (χ4v) is 2.96. The van der Waals surface area contributed by atoms with Gasteiger partial charge in [-0.05, 0) is 37.0 Å². The number of hydrogen-bond donors (Lipinski definition) is 3. The number of hydrazine groups is 1. The molecule has 0 saturated heterocycles. The van der Waals surface area contributed by atoms with E-state index < -0.39 is 0 Å². The first-order valence-corrected chi connectivity index (χ1v) is 8.73. The molecule has 0 amide bonds. The van der Waals surface area contributed by atoms with E-state index in [0.717, 1.165) is 24.1 Å². The summed E-state index contributed by atoms with van der Waals surface area (Å²) in [7, 11) is 1.87. The second kappa shape index (κ2) is 6.88. The second-order valence-corrected chi connectivity index (χ2v) is 6.75. The van der Waals surface area contributed by atoms with E-state index in [-0.39, 0.29) is 5.82 Å².